The van der Waals surface area contributed by atoms with Gasteiger partial charge in [0.05, 0.1) is 17.7 Å². The molecule has 1 saturated heterocycles. The van der Waals surface area contributed by atoms with Crippen molar-refractivity contribution in [3.63, 3.8) is 0 Å². The Hall–Kier alpha value is 0.0300. The maximum atomic E-state index is 13.2. The van der Waals surface area contributed by atoms with Crippen LogP contribution in [-0.2, 0) is 9.47 Å². The molecule has 1 heterocycles. The second kappa shape index (κ2) is 4.26. The second-order valence-corrected chi connectivity index (χ2v) is 4.57. The molecule has 1 aromatic rings. The number of benzene rings is 1. The summed E-state index contributed by atoms with van der Waals surface area (Å²) in [6.07, 6.45) is -0.452. The van der Waals surface area contributed by atoms with Crippen LogP contribution in [0.15, 0.2) is 21.1 Å². The van der Waals surface area contributed by atoms with Gasteiger partial charge >= 0.3 is 0 Å². The molecule has 0 bridgehead atoms. The van der Waals surface area contributed by atoms with Crippen molar-refractivity contribution in [2.45, 2.75) is 6.29 Å². The zero-order valence-electron chi connectivity index (χ0n) is 7.10. The molecular formula is C9H7Br2FO2. The Labute approximate surface area is 97.6 Å². The average Bonchev–Trinajstić information content (AvgIpc) is 2.64. The third-order valence-electron chi connectivity index (χ3n) is 1.92. The Bertz CT molecular complexity index is 351. The smallest absolute Gasteiger partial charge is 0.185 e. The zero-order chi connectivity index (χ0) is 10.1. The summed E-state index contributed by atoms with van der Waals surface area (Å²) in [5, 5.41) is 0. The first-order valence-corrected chi connectivity index (χ1v) is 5.65. The molecule has 0 saturated carbocycles. The van der Waals surface area contributed by atoms with Crippen molar-refractivity contribution < 1.29 is 13.9 Å². The maximum absolute atomic E-state index is 13.2. The van der Waals surface area contributed by atoms with Gasteiger partial charge in [0.1, 0.15) is 5.82 Å². The van der Waals surface area contributed by atoms with Gasteiger partial charge in [0.15, 0.2) is 6.29 Å². The Balaban J connectivity index is 2.37. The minimum atomic E-state index is -0.452. The third-order valence-corrected chi connectivity index (χ3v) is 3.21. The summed E-state index contributed by atoms with van der Waals surface area (Å²) in [5.41, 5.74) is 0.684. The lowest BCUT2D eigenvalue weighted by molar-refractivity contribution is -0.0448. The van der Waals surface area contributed by atoms with E-state index in [1.165, 1.54) is 6.07 Å². The first-order chi connectivity index (χ1) is 6.68. The number of rotatable bonds is 1. The highest BCUT2D eigenvalue weighted by atomic mass is 79.9. The predicted molar refractivity (Wildman–Crippen MR) is 56.4 cm³/mol. The Morgan fingerprint density at radius 3 is 2.43 bits per heavy atom. The van der Waals surface area contributed by atoms with Crippen LogP contribution >= 0.6 is 31.9 Å². The Morgan fingerprint density at radius 1 is 1.14 bits per heavy atom. The van der Waals surface area contributed by atoms with Gasteiger partial charge in [0.25, 0.3) is 0 Å². The van der Waals surface area contributed by atoms with Crippen molar-refractivity contribution in [3.05, 3.63) is 32.5 Å². The maximum Gasteiger partial charge on any atom is 0.185 e. The summed E-state index contributed by atoms with van der Waals surface area (Å²) in [6.45, 7) is 1.10. The highest BCUT2D eigenvalue weighted by Gasteiger charge is 2.22. The van der Waals surface area contributed by atoms with Gasteiger partial charge in [-0.1, -0.05) is 15.9 Å². The van der Waals surface area contributed by atoms with Crippen molar-refractivity contribution >= 4 is 31.9 Å². The highest BCUT2D eigenvalue weighted by molar-refractivity contribution is 9.11. The van der Waals surface area contributed by atoms with E-state index >= 15 is 0 Å². The van der Waals surface area contributed by atoms with Crippen LogP contribution in [0.25, 0.3) is 0 Å². The normalized spacial score (nSPS) is 17.6. The van der Waals surface area contributed by atoms with Gasteiger partial charge in [0.2, 0.25) is 0 Å². The van der Waals surface area contributed by atoms with Gasteiger partial charge < -0.3 is 9.47 Å². The molecule has 1 aromatic carbocycles. The van der Waals surface area contributed by atoms with E-state index in [4.69, 9.17) is 9.47 Å². The molecule has 14 heavy (non-hydrogen) atoms. The van der Waals surface area contributed by atoms with E-state index in [2.05, 4.69) is 31.9 Å². The zero-order valence-corrected chi connectivity index (χ0v) is 10.3. The first kappa shape index (κ1) is 10.5. The van der Waals surface area contributed by atoms with Gasteiger partial charge in [-0.25, -0.2) is 4.39 Å². The molecule has 0 spiro atoms. The molecule has 5 heteroatoms. The van der Waals surface area contributed by atoms with E-state index in [1.807, 2.05) is 0 Å². The molecule has 1 aliphatic heterocycles. The molecule has 2 nitrogen and oxygen atoms in total. The van der Waals surface area contributed by atoms with Crippen LogP contribution in [0.2, 0.25) is 0 Å². The molecule has 0 atom stereocenters. The molecule has 2 rings (SSSR count). The summed E-state index contributed by atoms with van der Waals surface area (Å²) in [6, 6.07) is 3.06. The van der Waals surface area contributed by atoms with Gasteiger partial charge in [-0.15, -0.1) is 0 Å². The Morgan fingerprint density at radius 2 is 1.79 bits per heavy atom. The van der Waals surface area contributed by atoms with Gasteiger partial charge in [0, 0.05) is 10.0 Å². The largest absolute Gasteiger partial charge is 0.346 e. The number of hydrogen-bond donors (Lipinski definition) is 0. The standard InChI is InChI=1S/C9H7Br2FO2/c10-6-4-7(11)8(12)3-5(6)9-13-1-2-14-9/h3-4,9H,1-2H2. The van der Waals surface area contributed by atoms with Crippen molar-refractivity contribution in [1.82, 2.24) is 0 Å². The lowest BCUT2D eigenvalue weighted by atomic mass is 10.2. The molecule has 0 aromatic heterocycles. The van der Waals surface area contributed by atoms with Gasteiger partial charge in [-0.3, -0.25) is 0 Å². The lowest BCUT2D eigenvalue weighted by Gasteiger charge is -2.11. The summed E-state index contributed by atoms with van der Waals surface area (Å²) in [4.78, 5) is 0. The molecule has 0 aliphatic carbocycles. The summed E-state index contributed by atoms with van der Waals surface area (Å²) in [5.74, 6) is -0.317. The number of hydrogen-bond acceptors (Lipinski definition) is 2. The van der Waals surface area contributed by atoms with E-state index < -0.39 is 6.29 Å². The van der Waals surface area contributed by atoms with Crippen LogP contribution in [0.4, 0.5) is 4.39 Å². The first-order valence-electron chi connectivity index (χ1n) is 4.06. The monoisotopic (exact) mass is 324 g/mol. The third kappa shape index (κ3) is 2.00. The quantitative estimate of drug-likeness (QED) is 0.737. The van der Waals surface area contributed by atoms with Crippen LogP contribution in [-0.4, -0.2) is 13.2 Å². The Kier molecular flexibility index (Phi) is 3.21. The SMILES string of the molecule is Fc1cc(C2OCCO2)c(Br)cc1Br. The van der Waals surface area contributed by atoms with E-state index in [0.717, 1.165) is 4.47 Å². The summed E-state index contributed by atoms with van der Waals surface area (Å²) >= 11 is 6.44. The summed E-state index contributed by atoms with van der Waals surface area (Å²) < 4.78 is 25.0. The van der Waals surface area contributed by atoms with E-state index in [-0.39, 0.29) is 5.82 Å². The number of ether oxygens (including phenoxy) is 2. The molecular weight excluding hydrogens is 319 g/mol. The lowest BCUT2D eigenvalue weighted by Crippen LogP contribution is -2.00. The van der Waals surface area contributed by atoms with Crippen LogP contribution in [0.5, 0.6) is 0 Å². The molecule has 1 aliphatic rings. The van der Waals surface area contributed by atoms with Gasteiger partial charge in [-0.05, 0) is 28.1 Å². The fraction of sp³-hybridized carbons (Fsp3) is 0.333. The predicted octanol–water partition coefficient (Wildman–Crippen LogP) is 3.40. The van der Waals surface area contributed by atoms with Crippen LogP contribution in [0.1, 0.15) is 11.9 Å². The molecule has 1 fully saturated rings. The van der Waals surface area contributed by atoms with Crippen LogP contribution < -0.4 is 0 Å². The fourth-order valence-corrected chi connectivity index (χ4v) is 2.44. The van der Waals surface area contributed by atoms with Gasteiger partial charge in [-0.2, -0.15) is 0 Å². The van der Waals surface area contributed by atoms with Crippen LogP contribution in [0, 0.1) is 5.82 Å². The van der Waals surface area contributed by atoms with E-state index in [0.29, 0.717) is 23.2 Å². The molecule has 0 unspecified atom stereocenters. The second-order valence-electron chi connectivity index (χ2n) is 2.86. The van der Waals surface area contributed by atoms with Crippen molar-refractivity contribution in [2.24, 2.45) is 0 Å². The molecule has 0 amide bonds. The van der Waals surface area contributed by atoms with Crippen molar-refractivity contribution in [3.8, 4) is 0 Å². The van der Waals surface area contributed by atoms with E-state index in [1.54, 1.807) is 6.07 Å². The average molecular weight is 326 g/mol. The molecule has 0 radical (unpaired) electrons. The minimum absolute atomic E-state index is 0.317. The highest BCUT2D eigenvalue weighted by Crippen LogP contribution is 2.33. The molecule has 76 valence electrons. The van der Waals surface area contributed by atoms with Crippen molar-refractivity contribution in [2.75, 3.05) is 13.2 Å². The summed E-state index contributed by atoms with van der Waals surface area (Å²) in [7, 11) is 0. The minimum Gasteiger partial charge on any atom is -0.346 e. The van der Waals surface area contributed by atoms with Crippen LogP contribution in [0.3, 0.4) is 0 Å². The molecule has 0 N–H and O–H groups in total. The van der Waals surface area contributed by atoms with E-state index in [9.17, 15) is 4.39 Å². The van der Waals surface area contributed by atoms with Crippen molar-refractivity contribution in [1.29, 1.82) is 0 Å². The topological polar surface area (TPSA) is 18.5 Å². The number of halogens is 3. The fourth-order valence-electron chi connectivity index (χ4n) is 1.26.